The van der Waals surface area contributed by atoms with Gasteiger partial charge in [0.15, 0.2) is 6.61 Å². The lowest BCUT2D eigenvalue weighted by molar-refractivity contribution is -0.385. The number of nitro benzene ring substituents is 1. The van der Waals surface area contributed by atoms with Gasteiger partial charge in [-0.25, -0.2) is 9.78 Å². The fourth-order valence-corrected chi connectivity index (χ4v) is 4.59. The monoisotopic (exact) mass is 561 g/mol. The summed E-state index contributed by atoms with van der Waals surface area (Å²) in [5.41, 5.74) is 4.55. The van der Waals surface area contributed by atoms with Gasteiger partial charge < -0.3 is 14.8 Å². The number of carbonyl (C=O) groups is 2. The van der Waals surface area contributed by atoms with Gasteiger partial charge in [-0.3, -0.25) is 14.9 Å². The third kappa shape index (κ3) is 6.26. The van der Waals surface area contributed by atoms with E-state index < -0.39 is 23.4 Å². The zero-order chi connectivity index (χ0) is 29.6. The normalized spacial score (nSPS) is 10.7. The second-order valence-corrected chi connectivity index (χ2v) is 9.66. The second-order valence-electron chi connectivity index (χ2n) is 9.66. The Morgan fingerprint density at radius 2 is 1.62 bits per heavy atom. The van der Waals surface area contributed by atoms with Gasteiger partial charge >= 0.3 is 5.97 Å². The van der Waals surface area contributed by atoms with Crippen LogP contribution < -0.4 is 10.1 Å². The van der Waals surface area contributed by atoms with Crippen LogP contribution in [0.15, 0.2) is 97.1 Å². The Hall–Kier alpha value is -5.57. The number of amides is 1. The number of nitrogens with one attached hydrogen (secondary N) is 1. The van der Waals surface area contributed by atoms with Crippen molar-refractivity contribution in [3.05, 3.63) is 129 Å². The molecule has 0 bridgehead atoms. The highest BCUT2D eigenvalue weighted by Gasteiger charge is 2.21. The number of para-hydroxylation sites is 1. The highest BCUT2D eigenvalue weighted by molar-refractivity contribution is 6.07. The Labute approximate surface area is 241 Å². The maximum atomic E-state index is 13.3. The summed E-state index contributed by atoms with van der Waals surface area (Å²) in [5.74, 6) is -0.602. The Balaban J connectivity index is 1.34. The molecule has 1 amide bonds. The predicted octanol–water partition coefficient (Wildman–Crippen LogP) is 6.80. The van der Waals surface area contributed by atoms with Crippen LogP contribution in [0.1, 0.15) is 27.0 Å². The number of pyridine rings is 1. The van der Waals surface area contributed by atoms with E-state index in [4.69, 9.17) is 14.5 Å². The molecule has 0 saturated heterocycles. The summed E-state index contributed by atoms with van der Waals surface area (Å²) in [6.07, 6.45) is 0. The minimum Gasteiger partial charge on any atom is -0.489 e. The maximum Gasteiger partial charge on any atom is 0.339 e. The van der Waals surface area contributed by atoms with E-state index in [9.17, 15) is 19.7 Å². The van der Waals surface area contributed by atoms with E-state index in [1.54, 1.807) is 32.0 Å². The molecule has 0 spiro atoms. The average Bonchev–Trinajstić information content (AvgIpc) is 3.00. The zero-order valence-electron chi connectivity index (χ0n) is 23.0. The van der Waals surface area contributed by atoms with E-state index in [0.29, 0.717) is 45.6 Å². The van der Waals surface area contributed by atoms with Crippen molar-refractivity contribution in [3.8, 4) is 17.0 Å². The van der Waals surface area contributed by atoms with Gasteiger partial charge in [-0.15, -0.1) is 0 Å². The number of aryl methyl sites for hydroxylation is 1. The van der Waals surface area contributed by atoms with Crippen LogP contribution in [0.2, 0.25) is 0 Å². The Kier molecular flexibility index (Phi) is 8.19. The molecule has 5 aromatic rings. The molecule has 42 heavy (non-hydrogen) atoms. The van der Waals surface area contributed by atoms with E-state index in [2.05, 4.69) is 5.32 Å². The van der Waals surface area contributed by atoms with Gasteiger partial charge in [-0.05, 0) is 61.4 Å². The average molecular weight is 562 g/mol. The first-order valence-corrected chi connectivity index (χ1v) is 13.2. The molecule has 0 radical (unpaired) electrons. The lowest BCUT2D eigenvalue weighted by Gasteiger charge is -2.15. The molecule has 0 aliphatic rings. The summed E-state index contributed by atoms with van der Waals surface area (Å²) in [7, 11) is 0. The number of rotatable bonds is 9. The zero-order valence-corrected chi connectivity index (χ0v) is 23.0. The van der Waals surface area contributed by atoms with Gasteiger partial charge in [-0.2, -0.15) is 0 Å². The molecule has 5 rings (SSSR count). The number of carbonyl (C=O) groups excluding carboxylic acids is 2. The molecule has 9 nitrogen and oxygen atoms in total. The van der Waals surface area contributed by atoms with Crippen LogP contribution in [0.5, 0.6) is 5.75 Å². The van der Waals surface area contributed by atoms with Crippen molar-refractivity contribution in [2.24, 2.45) is 0 Å². The van der Waals surface area contributed by atoms with Crippen molar-refractivity contribution >= 4 is 34.2 Å². The lowest BCUT2D eigenvalue weighted by atomic mass is 9.97. The molecule has 0 aliphatic heterocycles. The van der Waals surface area contributed by atoms with E-state index in [-0.39, 0.29) is 11.4 Å². The Bertz CT molecular complexity index is 1790. The summed E-state index contributed by atoms with van der Waals surface area (Å²) >= 11 is 0. The highest BCUT2D eigenvalue weighted by atomic mass is 16.6. The molecule has 0 aliphatic carbocycles. The quantitative estimate of drug-likeness (QED) is 0.119. The number of nitrogens with zero attached hydrogens (tertiary/aromatic N) is 2. The summed E-state index contributed by atoms with van der Waals surface area (Å²) in [5, 5.41) is 14.4. The van der Waals surface area contributed by atoms with Crippen LogP contribution in [0.3, 0.4) is 0 Å². The van der Waals surface area contributed by atoms with Crippen LogP contribution in [-0.2, 0) is 16.1 Å². The summed E-state index contributed by atoms with van der Waals surface area (Å²) in [4.78, 5) is 41.4. The summed E-state index contributed by atoms with van der Waals surface area (Å²) in [6, 6.07) is 28.9. The number of nitro groups is 1. The molecule has 9 heteroatoms. The topological polar surface area (TPSA) is 121 Å². The van der Waals surface area contributed by atoms with Crippen LogP contribution in [-0.4, -0.2) is 28.4 Å². The number of benzene rings is 4. The van der Waals surface area contributed by atoms with Crippen molar-refractivity contribution in [1.82, 2.24) is 4.98 Å². The lowest BCUT2D eigenvalue weighted by Crippen LogP contribution is -2.21. The number of anilines is 1. The minimum absolute atomic E-state index is 0.119. The van der Waals surface area contributed by atoms with Crippen molar-refractivity contribution in [3.63, 3.8) is 0 Å². The molecule has 1 heterocycles. The van der Waals surface area contributed by atoms with Gasteiger partial charge in [0.25, 0.3) is 11.6 Å². The van der Waals surface area contributed by atoms with Crippen LogP contribution in [0.4, 0.5) is 11.4 Å². The number of aromatic nitrogens is 1. The van der Waals surface area contributed by atoms with E-state index in [1.165, 1.54) is 12.1 Å². The molecule has 210 valence electrons. The van der Waals surface area contributed by atoms with E-state index in [1.807, 2.05) is 66.7 Å². The van der Waals surface area contributed by atoms with Crippen molar-refractivity contribution in [2.45, 2.75) is 20.5 Å². The molecule has 1 aromatic heterocycles. The standard InChI is InChI=1S/C33H27N3O6/c1-21-12-15-25(18-29(21)36(39)40)34-30(37)20-42-33(38)31-22(2)32(35-28-11-7-6-10-27(28)31)24-13-16-26(17-14-24)41-19-23-8-4-3-5-9-23/h3-18H,19-20H2,1-2H3,(H,34,37). The first-order chi connectivity index (χ1) is 20.3. The van der Waals surface area contributed by atoms with Crippen molar-refractivity contribution in [1.29, 1.82) is 0 Å². The van der Waals surface area contributed by atoms with Crippen LogP contribution in [0, 0.1) is 24.0 Å². The smallest absolute Gasteiger partial charge is 0.339 e. The molecule has 4 aromatic carbocycles. The summed E-state index contributed by atoms with van der Waals surface area (Å²) < 4.78 is 11.3. The number of hydrogen-bond donors (Lipinski definition) is 1. The first kappa shape index (κ1) is 28.0. The number of hydrogen-bond acceptors (Lipinski definition) is 7. The Morgan fingerprint density at radius 1 is 0.905 bits per heavy atom. The predicted molar refractivity (Wildman–Crippen MR) is 159 cm³/mol. The highest BCUT2D eigenvalue weighted by Crippen LogP contribution is 2.31. The molecular weight excluding hydrogens is 534 g/mol. The van der Waals surface area contributed by atoms with Crippen LogP contribution in [0.25, 0.3) is 22.2 Å². The number of esters is 1. The van der Waals surface area contributed by atoms with Gasteiger partial charge in [0.2, 0.25) is 0 Å². The van der Waals surface area contributed by atoms with Gasteiger partial charge in [0.1, 0.15) is 12.4 Å². The van der Waals surface area contributed by atoms with Crippen molar-refractivity contribution < 1.29 is 24.0 Å². The number of ether oxygens (including phenoxy) is 2. The van der Waals surface area contributed by atoms with Gasteiger partial charge in [0.05, 0.1) is 21.7 Å². The maximum absolute atomic E-state index is 13.3. The fraction of sp³-hybridized carbons (Fsp3) is 0.121. The largest absolute Gasteiger partial charge is 0.489 e. The SMILES string of the molecule is Cc1ccc(NC(=O)COC(=O)c2c(C)c(-c3ccc(OCc4ccccc4)cc3)nc3ccccc23)cc1[N+](=O)[O-]. The van der Waals surface area contributed by atoms with Crippen molar-refractivity contribution in [2.75, 3.05) is 11.9 Å². The summed E-state index contributed by atoms with van der Waals surface area (Å²) in [6.45, 7) is 3.27. The molecule has 0 saturated carbocycles. The second kappa shape index (κ2) is 12.3. The third-order valence-electron chi connectivity index (χ3n) is 6.74. The minimum atomic E-state index is -0.680. The molecule has 0 fully saturated rings. The molecule has 0 unspecified atom stereocenters. The van der Waals surface area contributed by atoms with E-state index in [0.717, 1.165) is 11.1 Å². The Morgan fingerprint density at radius 3 is 2.36 bits per heavy atom. The van der Waals surface area contributed by atoms with Gasteiger partial charge in [-0.1, -0.05) is 54.6 Å². The first-order valence-electron chi connectivity index (χ1n) is 13.2. The fourth-order valence-electron chi connectivity index (χ4n) is 4.59. The van der Waals surface area contributed by atoms with Crippen LogP contribution >= 0.6 is 0 Å². The molecular formula is C33H27N3O6. The molecule has 1 N–H and O–H groups in total. The van der Waals surface area contributed by atoms with E-state index >= 15 is 0 Å². The third-order valence-corrected chi connectivity index (χ3v) is 6.74. The number of fused-ring (bicyclic) bond motifs is 1. The molecule has 0 atom stereocenters. The van der Waals surface area contributed by atoms with Gasteiger partial charge in [0, 0.05) is 28.3 Å².